The molecule has 0 N–H and O–H groups in total. The smallest absolute Gasteiger partial charge is 0.119 e. The van der Waals surface area contributed by atoms with Crippen LogP contribution in [0.2, 0.25) is 0 Å². The summed E-state index contributed by atoms with van der Waals surface area (Å²) in [7, 11) is 0. The second-order valence-corrected chi connectivity index (χ2v) is 3.27. The van der Waals surface area contributed by atoms with Crippen LogP contribution in [0.25, 0.3) is 0 Å². The van der Waals surface area contributed by atoms with Crippen LogP contribution in [0.5, 0.6) is 5.75 Å². The number of halogens is 1. The van der Waals surface area contributed by atoms with E-state index in [0.717, 1.165) is 11.3 Å². The van der Waals surface area contributed by atoms with Gasteiger partial charge in [-0.1, -0.05) is 12.1 Å². The number of benzene rings is 1. The fourth-order valence-corrected chi connectivity index (χ4v) is 1.14. The predicted molar refractivity (Wildman–Crippen MR) is 58.5 cm³/mol. The molecule has 1 rings (SSSR count). The van der Waals surface area contributed by atoms with E-state index in [9.17, 15) is 0 Å². The van der Waals surface area contributed by atoms with E-state index in [-0.39, 0.29) is 5.38 Å². The molecule has 3 heteroatoms. The Morgan fingerprint density at radius 3 is 2.21 bits per heavy atom. The Labute approximate surface area is 90.1 Å². The minimum atomic E-state index is 0.0701. The first-order chi connectivity index (χ1) is 6.74. The highest BCUT2D eigenvalue weighted by Gasteiger charge is 1.99. The number of hydrogen-bond acceptors (Lipinski definition) is 2. The lowest BCUT2D eigenvalue weighted by atomic mass is 10.2. The van der Waals surface area contributed by atoms with Crippen LogP contribution in [0.15, 0.2) is 24.3 Å². The summed E-state index contributed by atoms with van der Waals surface area (Å²) in [4.78, 5) is 0. The molecule has 0 radical (unpaired) electrons. The van der Waals surface area contributed by atoms with E-state index in [1.807, 2.05) is 38.1 Å². The highest BCUT2D eigenvalue weighted by Crippen LogP contribution is 2.21. The molecular weight excluding hydrogens is 198 g/mol. The van der Waals surface area contributed by atoms with Crippen LogP contribution >= 0.6 is 11.6 Å². The van der Waals surface area contributed by atoms with Gasteiger partial charge in [0.15, 0.2) is 0 Å². The van der Waals surface area contributed by atoms with Gasteiger partial charge in [0.05, 0.1) is 12.0 Å². The first kappa shape index (κ1) is 12.8. The maximum atomic E-state index is 6.50. The normalized spacial score (nSPS) is 10.9. The summed E-state index contributed by atoms with van der Waals surface area (Å²) < 4.78 is 5.30. The zero-order valence-electron chi connectivity index (χ0n) is 8.40. The molecule has 14 heavy (non-hydrogen) atoms. The Morgan fingerprint density at radius 2 is 1.86 bits per heavy atom. The maximum absolute atomic E-state index is 6.50. The van der Waals surface area contributed by atoms with Crippen LogP contribution in [0.3, 0.4) is 0 Å². The van der Waals surface area contributed by atoms with E-state index in [1.165, 1.54) is 0 Å². The van der Waals surface area contributed by atoms with Gasteiger partial charge in [0.25, 0.3) is 0 Å². The van der Waals surface area contributed by atoms with Gasteiger partial charge in [-0.05, 0) is 31.5 Å². The van der Waals surface area contributed by atoms with Crippen LogP contribution in [0.1, 0.15) is 24.8 Å². The minimum absolute atomic E-state index is 0.0701. The molecule has 0 aliphatic heterocycles. The van der Waals surface area contributed by atoms with Gasteiger partial charge in [-0.15, -0.1) is 11.6 Å². The number of nitrogens with zero attached hydrogens (tertiary/aromatic N) is 1. The third kappa shape index (κ3) is 4.15. The molecule has 0 saturated carbocycles. The molecule has 0 bridgehead atoms. The largest absolute Gasteiger partial charge is 0.494 e. The van der Waals surface area contributed by atoms with Crippen molar-refractivity contribution < 1.29 is 4.74 Å². The Bertz CT molecular complexity index is 266. The molecule has 1 atom stereocenters. The Balaban J connectivity index is 0.000000791. The summed E-state index contributed by atoms with van der Waals surface area (Å²) in [5.74, 6) is 0.901. The van der Waals surface area contributed by atoms with Gasteiger partial charge in [0.1, 0.15) is 5.75 Å². The summed E-state index contributed by atoms with van der Waals surface area (Å²) in [6.45, 7) is 8.13. The Kier molecular flexibility index (Phi) is 6.61. The number of ether oxygens (including phenoxy) is 1. The minimum Gasteiger partial charge on any atom is -0.494 e. The van der Waals surface area contributed by atoms with E-state index in [4.69, 9.17) is 21.6 Å². The summed E-state index contributed by atoms with van der Waals surface area (Å²) in [6.07, 6.45) is 0. The van der Waals surface area contributed by atoms with Gasteiger partial charge in [-0.25, -0.2) is 5.26 Å². The van der Waals surface area contributed by atoms with Crippen molar-refractivity contribution in [2.45, 2.75) is 19.2 Å². The van der Waals surface area contributed by atoms with Gasteiger partial charge in [0.2, 0.25) is 0 Å². The average molecular weight is 212 g/mol. The lowest BCUT2D eigenvalue weighted by Crippen LogP contribution is -1.91. The highest BCUT2D eigenvalue weighted by atomic mass is 35.5. The highest BCUT2D eigenvalue weighted by molar-refractivity contribution is 6.20. The van der Waals surface area contributed by atoms with Gasteiger partial charge < -0.3 is 4.74 Å². The fraction of sp³-hybridized carbons (Fsp3) is 0.364. The third-order valence-electron chi connectivity index (χ3n) is 1.65. The first-order valence-electron chi connectivity index (χ1n) is 4.36. The molecule has 0 heterocycles. The van der Waals surface area contributed by atoms with E-state index in [1.54, 1.807) is 0 Å². The van der Waals surface area contributed by atoms with Crippen LogP contribution in [0.4, 0.5) is 0 Å². The fourth-order valence-electron chi connectivity index (χ4n) is 0.996. The molecule has 1 aromatic rings. The van der Waals surface area contributed by atoms with Crippen molar-refractivity contribution in [3.8, 4) is 12.3 Å². The van der Waals surface area contributed by atoms with Crippen LogP contribution in [-0.2, 0) is 0 Å². The van der Waals surface area contributed by atoms with Gasteiger partial charge in [0, 0.05) is 6.57 Å². The Hall–Kier alpha value is -1.20. The molecule has 0 aliphatic carbocycles. The zero-order chi connectivity index (χ0) is 11.0. The SMILES string of the molecule is C#N.CCOc1ccc(C(C)Cl)cc1. The van der Waals surface area contributed by atoms with Crippen molar-refractivity contribution in [3.63, 3.8) is 0 Å². The van der Waals surface area contributed by atoms with Gasteiger partial charge in [-0.3, -0.25) is 0 Å². The maximum Gasteiger partial charge on any atom is 0.119 e. The van der Waals surface area contributed by atoms with Gasteiger partial charge >= 0.3 is 0 Å². The van der Waals surface area contributed by atoms with E-state index < -0.39 is 0 Å². The first-order valence-corrected chi connectivity index (χ1v) is 4.80. The summed E-state index contributed by atoms with van der Waals surface area (Å²) in [5, 5.41) is 6.57. The monoisotopic (exact) mass is 211 g/mol. The molecular formula is C11H14ClNO. The molecule has 0 amide bonds. The molecule has 1 aromatic carbocycles. The van der Waals surface area contributed by atoms with Crippen molar-refractivity contribution in [2.24, 2.45) is 0 Å². The Morgan fingerprint density at radius 1 is 1.36 bits per heavy atom. The lowest BCUT2D eigenvalue weighted by molar-refractivity contribution is 0.340. The molecule has 1 unspecified atom stereocenters. The van der Waals surface area contributed by atoms with Crippen molar-refractivity contribution in [3.05, 3.63) is 29.8 Å². The number of nitriles is 1. The molecule has 2 nitrogen and oxygen atoms in total. The number of alkyl halides is 1. The summed E-state index contributed by atoms with van der Waals surface area (Å²) in [6, 6.07) is 7.86. The molecule has 0 fully saturated rings. The number of hydrogen-bond donors (Lipinski definition) is 0. The second kappa shape index (κ2) is 7.23. The second-order valence-electron chi connectivity index (χ2n) is 2.62. The van der Waals surface area contributed by atoms with E-state index in [2.05, 4.69) is 6.57 Å². The molecule has 0 spiro atoms. The molecule has 76 valence electrons. The zero-order valence-corrected chi connectivity index (χ0v) is 9.16. The van der Waals surface area contributed by atoms with Crippen molar-refractivity contribution >= 4 is 11.6 Å². The van der Waals surface area contributed by atoms with Crippen molar-refractivity contribution in [1.82, 2.24) is 0 Å². The number of rotatable bonds is 3. The molecule has 0 aliphatic rings. The molecule has 0 aromatic heterocycles. The predicted octanol–water partition coefficient (Wildman–Crippen LogP) is 3.52. The quantitative estimate of drug-likeness (QED) is 0.717. The average Bonchev–Trinajstić information content (AvgIpc) is 2.22. The van der Waals surface area contributed by atoms with Crippen LogP contribution < -0.4 is 4.74 Å². The topological polar surface area (TPSA) is 33.0 Å². The molecule has 0 saturated heterocycles. The van der Waals surface area contributed by atoms with Crippen molar-refractivity contribution in [1.29, 1.82) is 5.26 Å². The van der Waals surface area contributed by atoms with E-state index >= 15 is 0 Å². The van der Waals surface area contributed by atoms with Crippen molar-refractivity contribution in [2.75, 3.05) is 6.61 Å². The van der Waals surface area contributed by atoms with Crippen LogP contribution in [0, 0.1) is 11.8 Å². The lowest BCUT2D eigenvalue weighted by Gasteiger charge is -2.05. The van der Waals surface area contributed by atoms with Gasteiger partial charge in [-0.2, -0.15) is 0 Å². The summed E-state index contributed by atoms with van der Waals surface area (Å²) in [5.41, 5.74) is 1.13. The third-order valence-corrected chi connectivity index (χ3v) is 1.90. The standard InChI is InChI=1S/C10H13ClO.CHN/c1-3-12-10-6-4-9(5-7-10)8(2)11;1-2/h4-8H,3H2,1-2H3;1H. The van der Waals surface area contributed by atoms with E-state index in [0.29, 0.717) is 6.61 Å². The summed E-state index contributed by atoms with van der Waals surface area (Å²) >= 11 is 5.89. The van der Waals surface area contributed by atoms with Crippen LogP contribution in [-0.4, -0.2) is 6.61 Å².